The molecular weight excluding hydrogens is 396 g/mol. The fraction of sp³-hybridized carbons (Fsp3) is 0.500. The van der Waals surface area contributed by atoms with Crippen LogP contribution >= 0.6 is 45.8 Å². The van der Waals surface area contributed by atoms with Crippen LogP contribution in [0.4, 0.5) is 0 Å². The smallest absolute Gasteiger partial charge is 0.251 e. The third-order valence-electron chi connectivity index (χ3n) is 2.93. The van der Waals surface area contributed by atoms with Crippen molar-refractivity contribution in [3.63, 3.8) is 0 Å². The first-order valence-electron chi connectivity index (χ1n) is 6.07. The Balaban J connectivity index is 2.84. The van der Waals surface area contributed by atoms with E-state index in [0.29, 0.717) is 16.5 Å². The second-order valence-corrected chi connectivity index (χ2v) is 7.45. The quantitative estimate of drug-likeness (QED) is 0.561. The molecule has 0 bridgehead atoms. The minimum absolute atomic E-state index is 0.0302. The summed E-state index contributed by atoms with van der Waals surface area (Å²) in [7, 11) is 0. The van der Waals surface area contributed by atoms with Gasteiger partial charge in [0.15, 0.2) is 0 Å². The van der Waals surface area contributed by atoms with E-state index in [4.69, 9.17) is 23.2 Å². The van der Waals surface area contributed by atoms with E-state index in [1.807, 2.05) is 6.07 Å². The van der Waals surface area contributed by atoms with Crippen LogP contribution in [-0.4, -0.2) is 17.8 Å². The standard InChI is InChI=1S/C14H18Cl2INO/c1-14(2,3)12(6-7-15)18-13(19)9-4-5-11(17)10(16)8-9/h4-5,8,12H,6-7H2,1-3H3,(H,18,19). The van der Waals surface area contributed by atoms with Gasteiger partial charge >= 0.3 is 0 Å². The van der Waals surface area contributed by atoms with Crippen molar-refractivity contribution < 1.29 is 4.79 Å². The molecule has 0 aliphatic rings. The Morgan fingerprint density at radius 2 is 2.05 bits per heavy atom. The summed E-state index contributed by atoms with van der Waals surface area (Å²) >= 11 is 14.0. The topological polar surface area (TPSA) is 29.1 Å². The third kappa shape index (κ3) is 5.12. The summed E-state index contributed by atoms with van der Waals surface area (Å²) in [4.78, 5) is 12.2. The van der Waals surface area contributed by atoms with Crippen molar-refractivity contribution >= 4 is 51.7 Å². The van der Waals surface area contributed by atoms with Gasteiger partial charge in [0.2, 0.25) is 0 Å². The summed E-state index contributed by atoms with van der Waals surface area (Å²) in [5.41, 5.74) is 0.548. The number of hydrogen-bond acceptors (Lipinski definition) is 1. The van der Waals surface area contributed by atoms with E-state index in [-0.39, 0.29) is 17.4 Å². The zero-order valence-electron chi connectivity index (χ0n) is 11.3. The zero-order chi connectivity index (χ0) is 14.6. The summed E-state index contributed by atoms with van der Waals surface area (Å²) < 4.78 is 0.934. The number of alkyl halides is 1. The Kier molecular flexibility index (Phi) is 6.40. The van der Waals surface area contributed by atoms with Crippen LogP contribution in [0.5, 0.6) is 0 Å². The molecule has 0 saturated heterocycles. The summed E-state index contributed by atoms with van der Waals surface area (Å²) in [5.74, 6) is 0.415. The molecule has 0 aliphatic heterocycles. The van der Waals surface area contributed by atoms with Crippen molar-refractivity contribution in [1.82, 2.24) is 5.32 Å². The Labute approximate surface area is 138 Å². The molecule has 1 aromatic carbocycles. The van der Waals surface area contributed by atoms with E-state index in [1.54, 1.807) is 12.1 Å². The Morgan fingerprint density at radius 1 is 1.42 bits per heavy atom. The van der Waals surface area contributed by atoms with Gasteiger partial charge in [-0.2, -0.15) is 0 Å². The predicted molar refractivity (Wildman–Crippen MR) is 90.2 cm³/mol. The molecular formula is C14H18Cl2INO. The van der Waals surface area contributed by atoms with Gasteiger partial charge in [-0.3, -0.25) is 4.79 Å². The largest absolute Gasteiger partial charge is 0.349 e. The molecule has 0 heterocycles. The molecule has 1 atom stereocenters. The molecule has 0 aromatic heterocycles. The highest BCUT2D eigenvalue weighted by Gasteiger charge is 2.26. The van der Waals surface area contributed by atoms with Crippen molar-refractivity contribution in [3.8, 4) is 0 Å². The molecule has 106 valence electrons. The minimum Gasteiger partial charge on any atom is -0.349 e. The van der Waals surface area contributed by atoms with Gasteiger partial charge in [0.25, 0.3) is 5.91 Å². The number of carbonyl (C=O) groups is 1. The van der Waals surface area contributed by atoms with Crippen LogP contribution in [-0.2, 0) is 0 Å². The lowest BCUT2D eigenvalue weighted by atomic mass is 9.85. The lowest BCUT2D eigenvalue weighted by Gasteiger charge is -2.31. The second-order valence-electron chi connectivity index (χ2n) is 5.50. The normalized spacial score (nSPS) is 13.2. The van der Waals surface area contributed by atoms with Crippen molar-refractivity contribution in [1.29, 1.82) is 0 Å². The Bertz CT molecular complexity index is 457. The number of carbonyl (C=O) groups excluding carboxylic acids is 1. The number of amides is 1. The van der Waals surface area contributed by atoms with Gasteiger partial charge in [-0.25, -0.2) is 0 Å². The average molecular weight is 414 g/mol. The zero-order valence-corrected chi connectivity index (χ0v) is 14.9. The first kappa shape index (κ1) is 17.1. The van der Waals surface area contributed by atoms with E-state index in [0.717, 1.165) is 9.99 Å². The fourth-order valence-corrected chi connectivity index (χ4v) is 2.44. The van der Waals surface area contributed by atoms with E-state index in [2.05, 4.69) is 48.7 Å². The van der Waals surface area contributed by atoms with Crippen molar-refractivity contribution in [2.75, 3.05) is 5.88 Å². The van der Waals surface area contributed by atoms with Gasteiger partial charge in [0.05, 0.1) is 5.02 Å². The molecule has 0 radical (unpaired) electrons. The number of halogens is 3. The maximum absolute atomic E-state index is 12.2. The highest BCUT2D eigenvalue weighted by Crippen LogP contribution is 2.24. The molecule has 0 spiro atoms. The highest BCUT2D eigenvalue weighted by atomic mass is 127. The van der Waals surface area contributed by atoms with Gasteiger partial charge < -0.3 is 5.32 Å². The number of rotatable bonds is 4. The van der Waals surface area contributed by atoms with Gasteiger partial charge in [-0.15, -0.1) is 11.6 Å². The lowest BCUT2D eigenvalue weighted by Crippen LogP contribution is -2.44. The van der Waals surface area contributed by atoms with Crippen molar-refractivity contribution in [3.05, 3.63) is 32.4 Å². The van der Waals surface area contributed by atoms with Crippen LogP contribution in [0.3, 0.4) is 0 Å². The van der Waals surface area contributed by atoms with Crippen LogP contribution in [0.15, 0.2) is 18.2 Å². The Morgan fingerprint density at radius 3 is 2.53 bits per heavy atom. The fourth-order valence-electron chi connectivity index (χ4n) is 1.71. The van der Waals surface area contributed by atoms with Crippen molar-refractivity contribution in [2.45, 2.75) is 33.2 Å². The number of nitrogens with one attached hydrogen (secondary N) is 1. The molecule has 1 aromatic rings. The summed E-state index contributed by atoms with van der Waals surface area (Å²) in [6.45, 7) is 6.27. The van der Waals surface area contributed by atoms with Crippen LogP contribution < -0.4 is 5.32 Å². The molecule has 1 rings (SSSR count). The maximum atomic E-state index is 12.2. The summed E-state index contributed by atoms with van der Waals surface area (Å²) in [5, 5.41) is 3.63. The van der Waals surface area contributed by atoms with Crippen LogP contribution in [0.2, 0.25) is 5.02 Å². The monoisotopic (exact) mass is 413 g/mol. The van der Waals surface area contributed by atoms with Gasteiger partial charge in [0.1, 0.15) is 0 Å². The van der Waals surface area contributed by atoms with E-state index in [9.17, 15) is 4.79 Å². The molecule has 0 aliphatic carbocycles. The first-order valence-corrected chi connectivity index (χ1v) is 8.06. The number of hydrogen-bond donors (Lipinski definition) is 1. The predicted octanol–water partition coefficient (Wildman–Crippen LogP) is 4.72. The van der Waals surface area contributed by atoms with Gasteiger partial charge in [-0.1, -0.05) is 32.4 Å². The SMILES string of the molecule is CC(C)(C)C(CCCl)NC(=O)c1ccc(I)c(Cl)c1. The molecule has 1 amide bonds. The van der Waals surface area contributed by atoms with Crippen molar-refractivity contribution in [2.24, 2.45) is 5.41 Å². The molecule has 1 unspecified atom stereocenters. The first-order chi connectivity index (χ1) is 8.75. The molecule has 5 heteroatoms. The van der Waals surface area contributed by atoms with Crippen LogP contribution in [0.25, 0.3) is 0 Å². The van der Waals surface area contributed by atoms with E-state index < -0.39 is 0 Å². The van der Waals surface area contributed by atoms with Gasteiger partial charge in [-0.05, 0) is 52.6 Å². The highest BCUT2D eigenvalue weighted by molar-refractivity contribution is 14.1. The molecule has 0 fully saturated rings. The maximum Gasteiger partial charge on any atom is 0.251 e. The summed E-state index contributed by atoms with van der Waals surface area (Å²) in [6.07, 6.45) is 0.745. The summed E-state index contributed by atoms with van der Waals surface area (Å²) in [6, 6.07) is 5.35. The number of benzene rings is 1. The van der Waals surface area contributed by atoms with Crippen LogP contribution in [0, 0.1) is 8.99 Å². The van der Waals surface area contributed by atoms with Gasteiger partial charge in [0, 0.05) is 21.1 Å². The minimum atomic E-state index is -0.108. The van der Waals surface area contributed by atoms with Crippen LogP contribution in [0.1, 0.15) is 37.6 Å². The molecule has 0 saturated carbocycles. The molecule has 19 heavy (non-hydrogen) atoms. The second kappa shape index (κ2) is 7.14. The van der Waals surface area contributed by atoms with E-state index in [1.165, 1.54) is 0 Å². The Hall–Kier alpha value is -0.0000000000000000555. The molecule has 2 nitrogen and oxygen atoms in total. The third-order valence-corrected chi connectivity index (χ3v) is 4.72. The lowest BCUT2D eigenvalue weighted by molar-refractivity contribution is 0.0900. The van der Waals surface area contributed by atoms with E-state index >= 15 is 0 Å². The molecule has 1 N–H and O–H groups in total. The average Bonchev–Trinajstić information content (AvgIpc) is 2.30.